The largest absolute Gasteiger partial charge is 0.371 e. The van der Waals surface area contributed by atoms with Crippen LogP contribution in [0.3, 0.4) is 0 Å². The first-order valence-electron chi connectivity index (χ1n) is 16.3. The second-order valence-electron chi connectivity index (χ2n) is 13.6. The van der Waals surface area contributed by atoms with E-state index in [4.69, 9.17) is 23.2 Å². The summed E-state index contributed by atoms with van der Waals surface area (Å²) in [5.41, 5.74) is 3.66. The number of nitrogens with zero attached hydrogens (tertiary/aromatic N) is 7. The summed E-state index contributed by atoms with van der Waals surface area (Å²) in [7, 11) is 3.42. The lowest BCUT2D eigenvalue weighted by molar-refractivity contribution is 0.0827. The van der Waals surface area contributed by atoms with E-state index in [0.717, 1.165) is 31.5 Å². The number of carbonyl (C=O) groups is 1. The van der Waals surface area contributed by atoms with Crippen molar-refractivity contribution in [2.75, 3.05) is 37.8 Å². The van der Waals surface area contributed by atoms with E-state index < -0.39 is 11.9 Å². The average molecular weight is 715 g/mol. The molecular weight excluding hydrogens is 676 g/mol. The highest BCUT2D eigenvalue weighted by Crippen LogP contribution is 2.38. The van der Waals surface area contributed by atoms with Crippen molar-refractivity contribution in [2.45, 2.75) is 51.2 Å². The predicted molar refractivity (Wildman–Crippen MR) is 196 cm³/mol. The number of anilines is 3. The summed E-state index contributed by atoms with van der Waals surface area (Å²) in [6.07, 6.45) is 5.27. The van der Waals surface area contributed by atoms with Gasteiger partial charge in [-0.25, -0.2) is 9.07 Å². The van der Waals surface area contributed by atoms with Gasteiger partial charge in [-0.3, -0.25) is 14.7 Å². The van der Waals surface area contributed by atoms with Gasteiger partial charge in [-0.15, -0.1) is 5.10 Å². The molecule has 0 bridgehead atoms. The lowest BCUT2D eigenvalue weighted by atomic mass is 9.98. The van der Waals surface area contributed by atoms with Gasteiger partial charge >= 0.3 is 0 Å². The van der Waals surface area contributed by atoms with Gasteiger partial charge in [-0.2, -0.15) is 5.26 Å². The van der Waals surface area contributed by atoms with E-state index in [1.165, 1.54) is 23.2 Å². The zero-order chi connectivity index (χ0) is 35.7. The summed E-state index contributed by atoms with van der Waals surface area (Å²) in [6, 6.07) is 17.1. The Morgan fingerprint density at radius 2 is 1.82 bits per heavy atom. The highest BCUT2D eigenvalue weighted by molar-refractivity contribution is 6.32. The second kappa shape index (κ2) is 14.2. The maximum atomic E-state index is 15.0. The zero-order valence-electron chi connectivity index (χ0n) is 28.5. The van der Waals surface area contributed by atoms with Gasteiger partial charge in [0.1, 0.15) is 11.8 Å². The molecule has 2 N–H and O–H groups in total. The van der Waals surface area contributed by atoms with Crippen molar-refractivity contribution < 1.29 is 9.18 Å². The van der Waals surface area contributed by atoms with Crippen LogP contribution in [0, 0.1) is 17.1 Å². The van der Waals surface area contributed by atoms with Crippen molar-refractivity contribution in [2.24, 2.45) is 0 Å². The topological polar surface area (TPSA) is 115 Å². The van der Waals surface area contributed by atoms with Crippen molar-refractivity contribution in [1.29, 1.82) is 5.26 Å². The summed E-state index contributed by atoms with van der Waals surface area (Å²) in [5.74, 6) is -0.787. The first kappa shape index (κ1) is 35.1. The maximum absolute atomic E-state index is 15.0. The Hall–Kier alpha value is -4.76. The molecule has 50 heavy (non-hydrogen) atoms. The number of amides is 1. The highest BCUT2D eigenvalue weighted by atomic mass is 35.5. The molecule has 0 aliphatic carbocycles. The predicted octanol–water partition coefficient (Wildman–Crippen LogP) is 8.23. The summed E-state index contributed by atoms with van der Waals surface area (Å²) in [5, 5.41) is 26.6. The number of rotatable bonds is 8. The Balaban J connectivity index is 1.43. The number of likely N-dealkylation sites (tertiary alicyclic amines) is 1. The molecule has 2 aromatic heterocycles. The standard InChI is InChI=1S/C37H38Cl2FN9O/c1-37(2,3)48-14-12-26(13-15-48)49-21-31(45-46-49)34(22-8-6-9-23(16-22)36(50)47(4)5)44-30-18-25(38)17-27-33(24(19-41)20-42-35(27)30)43-29-11-7-10-28(39)32(29)40/h6-11,16-18,20-21,26,34,44H,12-15H2,1-5H3,(H,42,43)/t34-/m0/s1. The lowest BCUT2D eigenvalue weighted by Crippen LogP contribution is -2.46. The van der Waals surface area contributed by atoms with Gasteiger partial charge in [-0.1, -0.05) is 46.6 Å². The van der Waals surface area contributed by atoms with Gasteiger partial charge in [0.2, 0.25) is 0 Å². The van der Waals surface area contributed by atoms with Crippen molar-refractivity contribution in [1.82, 2.24) is 29.8 Å². The number of fused-ring (bicyclic) bond motifs is 1. The molecule has 1 aliphatic heterocycles. The summed E-state index contributed by atoms with van der Waals surface area (Å²) < 4.78 is 16.9. The normalized spacial score (nSPS) is 14.7. The molecule has 0 radical (unpaired) electrons. The molecular formula is C37H38Cl2FN9O. The Bertz CT molecular complexity index is 2100. The molecule has 0 saturated carbocycles. The van der Waals surface area contributed by atoms with Gasteiger partial charge in [-0.05, 0) is 75.6 Å². The Labute approximate surface area is 300 Å². The smallest absolute Gasteiger partial charge is 0.253 e. The van der Waals surface area contributed by atoms with Crippen LogP contribution in [0.1, 0.15) is 72.9 Å². The number of nitriles is 1. The molecule has 5 aromatic rings. The van der Waals surface area contributed by atoms with Crippen LogP contribution in [0.4, 0.5) is 21.5 Å². The fourth-order valence-corrected chi connectivity index (χ4v) is 6.72. The third-order valence-electron chi connectivity index (χ3n) is 9.05. The fraction of sp³-hybridized carbons (Fsp3) is 0.324. The van der Waals surface area contributed by atoms with E-state index in [1.54, 1.807) is 38.4 Å². The molecule has 6 rings (SSSR count). The van der Waals surface area contributed by atoms with E-state index >= 15 is 4.39 Å². The van der Waals surface area contributed by atoms with Crippen LogP contribution < -0.4 is 10.6 Å². The summed E-state index contributed by atoms with van der Waals surface area (Å²) >= 11 is 12.8. The number of hydrogen-bond acceptors (Lipinski definition) is 8. The number of hydrogen-bond donors (Lipinski definition) is 2. The lowest BCUT2D eigenvalue weighted by Gasteiger charge is -2.40. The molecule has 3 heterocycles. The average Bonchev–Trinajstić information content (AvgIpc) is 3.58. The number of pyridine rings is 1. The Kier molecular flexibility index (Phi) is 9.98. The number of carbonyl (C=O) groups excluding carboxylic acids is 1. The van der Waals surface area contributed by atoms with Crippen molar-refractivity contribution >= 4 is 57.1 Å². The summed E-state index contributed by atoms with van der Waals surface area (Å²) in [6.45, 7) is 8.61. The first-order valence-corrected chi connectivity index (χ1v) is 17.1. The first-order chi connectivity index (χ1) is 23.8. The van der Waals surface area contributed by atoms with E-state index in [1.807, 2.05) is 29.1 Å². The molecule has 13 heteroatoms. The van der Waals surface area contributed by atoms with E-state index in [9.17, 15) is 10.1 Å². The Morgan fingerprint density at radius 3 is 2.52 bits per heavy atom. The fourth-order valence-electron chi connectivity index (χ4n) is 6.33. The number of piperidine rings is 1. The molecule has 1 atom stereocenters. The van der Waals surface area contributed by atoms with Crippen LogP contribution in [0.15, 0.2) is 67.0 Å². The minimum atomic E-state index is -0.650. The van der Waals surface area contributed by atoms with Gasteiger partial charge < -0.3 is 15.5 Å². The minimum Gasteiger partial charge on any atom is -0.371 e. The van der Waals surface area contributed by atoms with Gasteiger partial charge in [0.15, 0.2) is 5.82 Å². The molecule has 3 aromatic carbocycles. The number of nitrogens with one attached hydrogen (secondary N) is 2. The SMILES string of the molecule is CN(C)C(=O)c1cccc([C@H](Nc2cc(Cl)cc3c(Nc4cccc(Cl)c4F)c(C#N)cnc23)c2cn(C3CCN(C(C)(C)C)CC3)nn2)c1. The quantitative estimate of drug-likeness (QED) is 0.165. The van der Waals surface area contributed by atoms with Crippen molar-refractivity contribution in [3.8, 4) is 6.07 Å². The van der Waals surface area contributed by atoms with Crippen LogP contribution in [0.25, 0.3) is 10.9 Å². The van der Waals surface area contributed by atoms with E-state index in [2.05, 4.69) is 57.7 Å². The zero-order valence-corrected chi connectivity index (χ0v) is 30.0. The van der Waals surface area contributed by atoms with Crippen molar-refractivity contribution in [3.63, 3.8) is 0 Å². The molecule has 1 saturated heterocycles. The van der Waals surface area contributed by atoms with E-state index in [-0.39, 0.29) is 33.8 Å². The molecule has 1 aliphatic rings. The number of aromatic nitrogens is 4. The second-order valence-corrected chi connectivity index (χ2v) is 14.5. The van der Waals surface area contributed by atoms with Gasteiger partial charge in [0, 0.05) is 54.9 Å². The van der Waals surface area contributed by atoms with Crippen molar-refractivity contribution in [3.05, 3.63) is 105 Å². The van der Waals surface area contributed by atoms with E-state index in [0.29, 0.717) is 38.6 Å². The Morgan fingerprint density at radius 1 is 1.08 bits per heavy atom. The van der Waals surface area contributed by atoms with Crippen LogP contribution in [0.5, 0.6) is 0 Å². The molecule has 10 nitrogen and oxygen atoms in total. The molecule has 1 amide bonds. The molecule has 1 fully saturated rings. The molecule has 0 unspecified atom stereocenters. The summed E-state index contributed by atoms with van der Waals surface area (Å²) in [4.78, 5) is 21.7. The van der Waals surface area contributed by atoms with Crippen LogP contribution >= 0.6 is 23.2 Å². The van der Waals surface area contributed by atoms with Gasteiger partial charge in [0.05, 0.1) is 51.4 Å². The van der Waals surface area contributed by atoms with Gasteiger partial charge in [0.25, 0.3) is 5.91 Å². The minimum absolute atomic E-state index is 0.0575. The number of benzene rings is 3. The van der Waals surface area contributed by atoms with Crippen LogP contribution in [-0.4, -0.2) is 68.4 Å². The number of halogens is 3. The van der Waals surface area contributed by atoms with Crippen LogP contribution in [-0.2, 0) is 0 Å². The maximum Gasteiger partial charge on any atom is 0.253 e. The third kappa shape index (κ3) is 7.24. The molecule has 258 valence electrons. The third-order valence-corrected chi connectivity index (χ3v) is 9.56. The van der Waals surface area contributed by atoms with Crippen LogP contribution in [0.2, 0.25) is 10.0 Å². The highest BCUT2D eigenvalue weighted by Gasteiger charge is 2.29. The monoisotopic (exact) mass is 713 g/mol. The molecule has 0 spiro atoms.